The average Bonchev–Trinajstić information content (AvgIpc) is 2.34. The molecule has 0 amide bonds. The van der Waals surface area contributed by atoms with E-state index in [4.69, 9.17) is 10.5 Å². The van der Waals surface area contributed by atoms with E-state index in [0.717, 1.165) is 32.6 Å². The van der Waals surface area contributed by atoms with Crippen LogP contribution in [-0.2, 0) is 16.6 Å². The maximum Gasteiger partial charge on any atom is 0.0585 e. The molecule has 100 valence electrons. The SMILES string of the molecule is CCc1ccc(C2(CC(C)(C)CN)COC2)cc1. The molecule has 0 saturated carbocycles. The van der Waals surface area contributed by atoms with Crippen molar-refractivity contribution in [3.8, 4) is 0 Å². The minimum absolute atomic E-state index is 0.174. The lowest BCUT2D eigenvalue weighted by Gasteiger charge is -2.46. The van der Waals surface area contributed by atoms with Gasteiger partial charge in [0.15, 0.2) is 0 Å². The van der Waals surface area contributed by atoms with E-state index < -0.39 is 0 Å². The fraction of sp³-hybridized carbons (Fsp3) is 0.625. The molecule has 1 aliphatic rings. The third kappa shape index (κ3) is 2.60. The highest BCUT2D eigenvalue weighted by Crippen LogP contribution is 2.42. The van der Waals surface area contributed by atoms with Crippen LogP contribution in [0.25, 0.3) is 0 Å². The average molecular weight is 247 g/mol. The van der Waals surface area contributed by atoms with Crippen LogP contribution in [-0.4, -0.2) is 19.8 Å². The molecule has 0 atom stereocenters. The van der Waals surface area contributed by atoms with Crippen LogP contribution in [0.4, 0.5) is 0 Å². The van der Waals surface area contributed by atoms with Crippen LogP contribution in [0.2, 0.25) is 0 Å². The fourth-order valence-electron chi connectivity index (χ4n) is 2.80. The molecule has 2 N–H and O–H groups in total. The summed E-state index contributed by atoms with van der Waals surface area (Å²) in [5.41, 5.74) is 9.04. The second-order valence-electron chi connectivity index (χ2n) is 6.37. The van der Waals surface area contributed by atoms with E-state index in [0.29, 0.717) is 0 Å². The Bertz CT molecular complexity index is 390. The zero-order valence-electron chi connectivity index (χ0n) is 11.8. The number of nitrogens with two attached hydrogens (primary N) is 1. The van der Waals surface area contributed by atoms with Gasteiger partial charge in [-0.05, 0) is 35.9 Å². The van der Waals surface area contributed by atoms with Gasteiger partial charge < -0.3 is 10.5 Å². The number of hydrogen-bond donors (Lipinski definition) is 1. The number of benzene rings is 1. The largest absolute Gasteiger partial charge is 0.379 e. The first-order chi connectivity index (χ1) is 8.51. The van der Waals surface area contributed by atoms with E-state index >= 15 is 0 Å². The predicted molar refractivity (Wildman–Crippen MR) is 75.8 cm³/mol. The van der Waals surface area contributed by atoms with Gasteiger partial charge >= 0.3 is 0 Å². The molecule has 1 heterocycles. The summed E-state index contributed by atoms with van der Waals surface area (Å²) in [5.74, 6) is 0. The van der Waals surface area contributed by atoms with E-state index in [9.17, 15) is 0 Å². The van der Waals surface area contributed by atoms with Gasteiger partial charge in [0.1, 0.15) is 0 Å². The molecule has 1 aliphatic heterocycles. The molecule has 18 heavy (non-hydrogen) atoms. The summed E-state index contributed by atoms with van der Waals surface area (Å²) in [6.07, 6.45) is 2.19. The van der Waals surface area contributed by atoms with E-state index in [1.54, 1.807) is 0 Å². The number of rotatable bonds is 5. The predicted octanol–water partition coefficient (Wildman–Crippen LogP) is 2.89. The van der Waals surface area contributed by atoms with Gasteiger partial charge in [-0.1, -0.05) is 45.0 Å². The van der Waals surface area contributed by atoms with E-state index in [1.165, 1.54) is 11.1 Å². The highest BCUT2D eigenvalue weighted by molar-refractivity contribution is 5.31. The lowest BCUT2D eigenvalue weighted by molar-refractivity contribution is -0.0786. The van der Waals surface area contributed by atoms with Crippen LogP contribution in [0.1, 0.15) is 38.3 Å². The van der Waals surface area contributed by atoms with Crippen LogP contribution < -0.4 is 5.73 Å². The molecule has 1 aromatic carbocycles. The second-order valence-corrected chi connectivity index (χ2v) is 6.37. The molecule has 1 fully saturated rings. The Morgan fingerprint density at radius 2 is 1.83 bits per heavy atom. The van der Waals surface area contributed by atoms with Crippen LogP contribution in [0.3, 0.4) is 0 Å². The van der Waals surface area contributed by atoms with Crippen molar-refractivity contribution in [2.75, 3.05) is 19.8 Å². The summed E-state index contributed by atoms with van der Waals surface area (Å²) in [7, 11) is 0. The van der Waals surface area contributed by atoms with Gasteiger partial charge in [-0.25, -0.2) is 0 Å². The zero-order valence-corrected chi connectivity index (χ0v) is 11.8. The van der Waals surface area contributed by atoms with E-state index in [1.807, 2.05) is 0 Å². The third-order valence-corrected chi connectivity index (χ3v) is 4.10. The zero-order chi connectivity index (χ0) is 13.2. The molecule has 1 saturated heterocycles. The lowest BCUT2D eigenvalue weighted by atomic mass is 9.67. The maximum atomic E-state index is 5.88. The molecular formula is C16H25NO. The van der Waals surface area contributed by atoms with E-state index in [-0.39, 0.29) is 10.8 Å². The monoisotopic (exact) mass is 247 g/mol. The van der Waals surface area contributed by atoms with Gasteiger partial charge in [0.2, 0.25) is 0 Å². The summed E-state index contributed by atoms with van der Waals surface area (Å²) < 4.78 is 5.50. The van der Waals surface area contributed by atoms with Crippen molar-refractivity contribution in [2.24, 2.45) is 11.1 Å². The van der Waals surface area contributed by atoms with Crippen LogP contribution in [0.5, 0.6) is 0 Å². The van der Waals surface area contributed by atoms with Gasteiger partial charge in [-0.15, -0.1) is 0 Å². The van der Waals surface area contributed by atoms with E-state index in [2.05, 4.69) is 45.0 Å². The van der Waals surface area contributed by atoms with Gasteiger partial charge in [0.05, 0.1) is 13.2 Å². The Labute approximate surface area is 111 Å². The molecule has 0 bridgehead atoms. The molecule has 0 unspecified atom stereocenters. The summed E-state index contributed by atoms with van der Waals surface area (Å²) in [5, 5.41) is 0. The summed E-state index contributed by atoms with van der Waals surface area (Å²) >= 11 is 0. The van der Waals surface area contributed by atoms with Crippen molar-refractivity contribution in [3.05, 3.63) is 35.4 Å². The first-order valence-electron chi connectivity index (χ1n) is 6.89. The smallest absolute Gasteiger partial charge is 0.0585 e. The van der Waals surface area contributed by atoms with Crippen LogP contribution in [0, 0.1) is 5.41 Å². The Morgan fingerprint density at radius 3 is 2.22 bits per heavy atom. The Morgan fingerprint density at radius 1 is 1.22 bits per heavy atom. The summed E-state index contributed by atoms with van der Waals surface area (Å²) in [6, 6.07) is 9.03. The maximum absolute atomic E-state index is 5.88. The molecule has 2 nitrogen and oxygen atoms in total. The van der Waals surface area contributed by atoms with Gasteiger partial charge in [-0.3, -0.25) is 0 Å². The van der Waals surface area contributed by atoms with Crippen molar-refractivity contribution in [3.63, 3.8) is 0 Å². The van der Waals surface area contributed by atoms with Gasteiger partial charge in [0.25, 0.3) is 0 Å². The first kappa shape index (κ1) is 13.6. The Hall–Kier alpha value is -0.860. The normalized spacial score (nSPS) is 18.4. The highest BCUT2D eigenvalue weighted by Gasteiger charge is 2.43. The minimum atomic E-state index is 0.174. The number of ether oxygens (including phenoxy) is 1. The van der Waals surface area contributed by atoms with Crippen molar-refractivity contribution >= 4 is 0 Å². The summed E-state index contributed by atoms with van der Waals surface area (Å²) in [4.78, 5) is 0. The van der Waals surface area contributed by atoms with Crippen molar-refractivity contribution in [1.82, 2.24) is 0 Å². The standard InChI is InChI=1S/C16H25NO/c1-4-13-5-7-14(8-6-13)16(11-18-12-16)9-15(2,3)10-17/h5-8H,4,9-12,17H2,1-3H3. The molecule has 2 heteroatoms. The van der Waals surface area contributed by atoms with Crippen molar-refractivity contribution in [1.29, 1.82) is 0 Å². The fourth-order valence-corrected chi connectivity index (χ4v) is 2.80. The van der Waals surface area contributed by atoms with Crippen molar-refractivity contribution < 1.29 is 4.74 Å². The second kappa shape index (κ2) is 5.02. The van der Waals surface area contributed by atoms with Crippen molar-refractivity contribution in [2.45, 2.75) is 39.0 Å². The third-order valence-electron chi connectivity index (χ3n) is 4.10. The van der Waals surface area contributed by atoms with Crippen LogP contribution >= 0.6 is 0 Å². The Balaban J connectivity index is 2.21. The molecule has 0 aliphatic carbocycles. The summed E-state index contributed by atoms with van der Waals surface area (Å²) in [6.45, 7) is 9.07. The number of aryl methyl sites for hydroxylation is 1. The van der Waals surface area contributed by atoms with Gasteiger partial charge in [-0.2, -0.15) is 0 Å². The molecule has 0 spiro atoms. The molecule has 2 rings (SSSR count). The minimum Gasteiger partial charge on any atom is -0.379 e. The topological polar surface area (TPSA) is 35.2 Å². The first-order valence-corrected chi connectivity index (χ1v) is 6.89. The quantitative estimate of drug-likeness (QED) is 0.868. The molecule has 0 aromatic heterocycles. The lowest BCUT2D eigenvalue weighted by Crippen LogP contribution is -2.50. The molecular weight excluding hydrogens is 222 g/mol. The number of hydrogen-bond acceptors (Lipinski definition) is 2. The molecule has 0 radical (unpaired) electrons. The Kier molecular flexibility index (Phi) is 3.79. The molecule has 1 aromatic rings. The van der Waals surface area contributed by atoms with Gasteiger partial charge in [0, 0.05) is 5.41 Å². The van der Waals surface area contributed by atoms with Crippen LogP contribution in [0.15, 0.2) is 24.3 Å². The highest BCUT2D eigenvalue weighted by atomic mass is 16.5.